The summed E-state index contributed by atoms with van der Waals surface area (Å²) in [6, 6.07) is 0. The van der Waals surface area contributed by atoms with Crippen molar-refractivity contribution in [3.05, 3.63) is 16.3 Å². The molecule has 3 aliphatic rings. The van der Waals surface area contributed by atoms with E-state index in [1.54, 1.807) is 6.92 Å². The van der Waals surface area contributed by atoms with Crippen LogP contribution in [0.4, 0.5) is 5.82 Å². The predicted octanol–water partition coefficient (Wildman–Crippen LogP) is 4.11. The van der Waals surface area contributed by atoms with Crippen LogP contribution in [0.3, 0.4) is 0 Å². The fourth-order valence-electron chi connectivity index (χ4n) is 4.47. The Morgan fingerprint density at radius 2 is 1.86 bits per heavy atom. The van der Waals surface area contributed by atoms with E-state index in [9.17, 15) is 4.79 Å². The lowest BCUT2D eigenvalue weighted by atomic mass is 10.1. The number of anilines is 1. The van der Waals surface area contributed by atoms with Crippen molar-refractivity contribution in [3.63, 3.8) is 0 Å². The normalized spacial score (nSPS) is 21.5. The van der Waals surface area contributed by atoms with E-state index < -0.39 is 5.38 Å². The molecule has 0 radical (unpaired) electrons. The van der Waals surface area contributed by atoms with Gasteiger partial charge in [-0.1, -0.05) is 6.42 Å². The minimum absolute atomic E-state index is 0.0391. The average molecular weight is 419 g/mol. The summed E-state index contributed by atoms with van der Waals surface area (Å²) in [5.41, 5.74) is 1.50. The minimum atomic E-state index is -0.452. The van der Waals surface area contributed by atoms with Gasteiger partial charge in [0.25, 0.3) is 0 Å². The molecular weight excluding hydrogens is 392 g/mol. The number of halogens is 1. The van der Waals surface area contributed by atoms with Crippen molar-refractivity contribution in [1.29, 1.82) is 0 Å². The van der Waals surface area contributed by atoms with Crippen LogP contribution in [0, 0.1) is 0 Å². The number of carbonyl (C=O) groups excluding carboxylic acids is 1. The molecule has 3 heterocycles. The zero-order valence-electron chi connectivity index (χ0n) is 16.4. The minimum Gasteiger partial charge on any atom is -0.352 e. The Bertz CT molecular complexity index is 899. The molecule has 1 aliphatic heterocycles. The van der Waals surface area contributed by atoms with Crippen LogP contribution in [0.1, 0.15) is 61.2 Å². The van der Waals surface area contributed by atoms with Crippen LogP contribution in [0.5, 0.6) is 0 Å². The van der Waals surface area contributed by atoms with Gasteiger partial charge in [0.1, 0.15) is 21.8 Å². The number of nitrogens with zero attached hydrogens (tertiary/aromatic N) is 4. The number of hydrogen-bond donors (Lipinski definition) is 0. The lowest BCUT2D eigenvalue weighted by molar-refractivity contribution is -0.130. The lowest BCUT2D eigenvalue weighted by Gasteiger charge is -2.36. The molecule has 2 fully saturated rings. The number of carbonyl (C=O) groups is 1. The molecule has 0 spiro atoms. The fraction of sp³-hybridized carbons (Fsp3) is 0.667. The third kappa shape index (κ3) is 3.39. The van der Waals surface area contributed by atoms with Gasteiger partial charge in [0.05, 0.1) is 5.39 Å². The van der Waals surface area contributed by atoms with Gasteiger partial charge >= 0.3 is 0 Å². The van der Waals surface area contributed by atoms with Crippen LogP contribution >= 0.6 is 22.9 Å². The number of amides is 1. The summed E-state index contributed by atoms with van der Waals surface area (Å²) in [6.45, 7) is 4.82. The molecule has 1 saturated carbocycles. The van der Waals surface area contributed by atoms with Gasteiger partial charge < -0.3 is 9.80 Å². The molecule has 7 heteroatoms. The number of aromatic nitrogens is 2. The summed E-state index contributed by atoms with van der Waals surface area (Å²) < 4.78 is 0. The van der Waals surface area contributed by atoms with Gasteiger partial charge in [-0.2, -0.15) is 0 Å². The maximum Gasteiger partial charge on any atom is 0.240 e. The highest BCUT2D eigenvalue weighted by atomic mass is 35.5. The summed E-state index contributed by atoms with van der Waals surface area (Å²) in [5.74, 6) is 2.74. The second-order valence-corrected chi connectivity index (χ2v) is 10.1. The van der Waals surface area contributed by atoms with Crippen molar-refractivity contribution in [1.82, 2.24) is 14.9 Å². The Hall–Kier alpha value is -1.40. The number of alkyl halides is 1. The van der Waals surface area contributed by atoms with Gasteiger partial charge in [-0.05, 0) is 51.0 Å². The van der Waals surface area contributed by atoms with Gasteiger partial charge in [0.15, 0.2) is 0 Å². The van der Waals surface area contributed by atoms with Crippen LogP contribution in [0.2, 0.25) is 0 Å². The predicted molar refractivity (Wildman–Crippen MR) is 115 cm³/mol. The first-order valence-electron chi connectivity index (χ1n) is 10.6. The standard InChI is InChI=1S/C21H27ClN4OS/c1-13(22)21(27)26-11-9-25(10-12-26)19-17-15-5-3-2-4-6-16(15)28-20(17)24-18(23-19)14-7-8-14/h13-14H,2-12H2,1H3/t13-/m0/s1. The first kappa shape index (κ1) is 18.6. The molecule has 2 aliphatic carbocycles. The Morgan fingerprint density at radius 1 is 1.11 bits per heavy atom. The molecular formula is C21H27ClN4OS. The van der Waals surface area contributed by atoms with Gasteiger partial charge in [0.2, 0.25) is 5.91 Å². The number of fused-ring (bicyclic) bond motifs is 3. The Morgan fingerprint density at radius 3 is 2.57 bits per heavy atom. The monoisotopic (exact) mass is 418 g/mol. The summed E-state index contributed by atoms with van der Waals surface area (Å²) in [4.78, 5) is 29.3. The van der Waals surface area contributed by atoms with Crippen molar-refractivity contribution in [2.75, 3.05) is 31.1 Å². The van der Waals surface area contributed by atoms with E-state index in [-0.39, 0.29) is 5.91 Å². The van der Waals surface area contributed by atoms with E-state index in [1.807, 2.05) is 16.2 Å². The Kier molecular flexibility index (Phi) is 4.95. The number of thiophene rings is 1. The number of piperazine rings is 1. The van der Waals surface area contributed by atoms with Crippen LogP contribution in [-0.2, 0) is 17.6 Å². The van der Waals surface area contributed by atoms with Crippen molar-refractivity contribution < 1.29 is 4.79 Å². The fourth-order valence-corrected chi connectivity index (χ4v) is 5.88. The summed E-state index contributed by atoms with van der Waals surface area (Å²) >= 11 is 7.91. The topological polar surface area (TPSA) is 49.3 Å². The second kappa shape index (κ2) is 7.45. The first-order chi connectivity index (χ1) is 13.6. The Balaban J connectivity index is 1.51. The van der Waals surface area contributed by atoms with Gasteiger partial charge in [0, 0.05) is 37.0 Å². The van der Waals surface area contributed by atoms with Crippen molar-refractivity contribution in [2.45, 2.75) is 63.2 Å². The molecule has 1 amide bonds. The van der Waals surface area contributed by atoms with E-state index in [1.165, 1.54) is 59.2 Å². The SMILES string of the molecule is C[C@H](Cl)C(=O)N1CCN(c2nc(C3CC3)nc3sc4c(c23)CCCCC4)CC1. The zero-order chi connectivity index (χ0) is 19.3. The molecule has 2 aromatic rings. The summed E-state index contributed by atoms with van der Waals surface area (Å²) in [6.07, 6.45) is 8.63. The van der Waals surface area contributed by atoms with E-state index in [4.69, 9.17) is 21.6 Å². The number of aryl methyl sites for hydroxylation is 2. The van der Waals surface area contributed by atoms with Crippen molar-refractivity contribution >= 4 is 44.9 Å². The molecule has 5 rings (SSSR count). The van der Waals surface area contributed by atoms with E-state index in [0.717, 1.165) is 31.2 Å². The lowest BCUT2D eigenvalue weighted by Crippen LogP contribution is -2.50. The molecule has 0 unspecified atom stereocenters. The molecule has 5 nitrogen and oxygen atoms in total. The molecule has 2 aromatic heterocycles. The second-order valence-electron chi connectivity index (χ2n) is 8.35. The first-order valence-corrected chi connectivity index (χ1v) is 11.9. The smallest absolute Gasteiger partial charge is 0.240 e. The van der Waals surface area contributed by atoms with Crippen LogP contribution < -0.4 is 4.90 Å². The van der Waals surface area contributed by atoms with Crippen molar-refractivity contribution in [3.8, 4) is 0 Å². The molecule has 150 valence electrons. The van der Waals surface area contributed by atoms with E-state index in [0.29, 0.717) is 19.0 Å². The maximum absolute atomic E-state index is 12.2. The van der Waals surface area contributed by atoms with E-state index in [2.05, 4.69) is 4.90 Å². The molecule has 0 aromatic carbocycles. The highest BCUT2D eigenvalue weighted by Gasteiger charge is 2.32. The number of rotatable bonds is 3. The van der Waals surface area contributed by atoms with Gasteiger partial charge in [-0.25, -0.2) is 9.97 Å². The maximum atomic E-state index is 12.2. The molecule has 28 heavy (non-hydrogen) atoms. The molecule has 1 saturated heterocycles. The third-order valence-corrected chi connectivity index (χ3v) is 7.61. The van der Waals surface area contributed by atoms with Gasteiger partial charge in [-0.15, -0.1) is 22.9 Å². The van der Waals surface area contributed by atoms with Crippen LogP contribution in [0.15, 0.2) is 0 Å². The number of hydrogen-bond acceptors (Lipinski definition) is 5. The highest BCUT2D eigenvalue weighted by Crippen LogP contribution is 2.44. The Labute approximate surface area is 175 Å². The average Bonchev–Trinajstić information content (AvgIpc) is 3.52. The van der Waals surface area contributed by atoms with Crippen molar-refractivity contribution in [2.24, 2.45) is 0 Å². The van der Waals surface area contributed by atoms with E-state index >= 15 is 0 Å². The van der Waals surface area contributed by atoms with Gasteiger partial charge in [-0.3, -0.25) is 4.79 Å². The quantitative estimate of drug-likeness (QED) is 0.555. The summed E-state index contributed by atoms with van der Waals surface area (Å²) in [5, 5.41) is 0.850. The van der Waals surface area contributed by atoms with Crippen LogP contribution in [-0.4, -0.2) is 52.3 Å². The molecule has 0 bridgehead atoms. The molecule has 1 atom stereocenters. The van der Waals surface area contributed by atoms with Crippen LogP contribution in [0.25, 0.3) is 10.2 Å². The highest BCUT2D eigenvalue weighted by molar-refractivity contribution is 7.19. The largest absolute Gasteiger partial charge is 0.352 e. The third-order valence-electron chi connectivity index (χ3n) is 6.24. The summed E-state index contributed by atoms with van der Waals surface area (Å²) in [7, 11) is 0. The zero-order valence-corrected chi connectivity index (χ0v) is 18.0. The molecule has 0 N–H and O–H groups in total.